The Kier molecular flexibility index (Phi) is 2.44. The molecule has 0 saturated carbocycles. The normalized spacial score (nSPS) is 12.7. The number of hydrogen-bond donors (Lipinski definition) is 1. The first-order valence-corrected chi connectivity index (χ1v) is 3.13. The minimum absolute atomic E-state index is 0.167. The van der Waals surface area contributed by atoms with Gasteiger partial charge in [0.2, 0.25) is 5.17 Å². The quantitative estimate of drug-likeness (QED) is 0.353. The zero-order valence-corrected chi connectivity index (χ0v) is 4.79. The van der Waals surface area contributed by atoms with Gasteiger partial charge in [-0.2, -0.15) is 0 Å². The van der Waals surface area contributed by atoms with Gasteiger partial charge in [-0.3, -0.25) is 9.62 Å². The molecule has 1 unspecified atom stereocenters. The Labute approximate surface area is 44.4 Å². The van der Waals surface area contributed by atoms with Gasteiger partial charge in [0.1, 0.15) is 0 Å². The lowest BCUT2D eigenvalue weighted by atomic mass is 11.3. The molecule has 0 aromatic rings. The highest BCUT2D eigenvalue weighted by atomic mass is 32.2. The van der Waals surface area contributed by atoms with E-state index in [4.69, 9.17) is 5.41 Å². The van der Waals surface area contributed by atoms with Gasteiger partial charge in [0, 0.05) is 6.26 Å². The number of nitrogens with zero attached hydrogens (tertiary/aromatic N) is 1. The van der Waals surface area contributed by atoms with E-state index in [-0.39, 0.29) is 5.17 Å². The molecule has 0 heterocycles. The van der Waals surface area contributed by atoms with E-state index < -0.39 is 10.8 Å². The van der Waals surface area contributed by atoms with E-state index in [0.29, 0.717) is 0 Å². The van der Waals surface area contributed by atoms with Gasteiger partial charge >= 0.3 is 0 Å². The number of rotatable bonds is 0. The third kappa shape index (κ3) is 2.22. The fourth-order valence-electron chi connectivity index (χ4n) is 0.0909. The van der Waals surface area contributed by atoms with Crippen molar-refractivity contribution in [2.45, 2.75) is 0 Å². The molecule has 0 bridgehead atoms. The second-order valence-electron chi connectivity index (χ2n) is 0.917. The molecule has 0 rings (SSSR count). The lowest BCUT2D eigenvalue weighted by Crippen LogP contribution is -1.97. The number of nitrogens with one attached hydrogen (secondary N) is 1. The first-order chi connectivity index (χ1) is 3.18. The van der Waals surface area contributed by atoms with Gasteiger partial charge < -0.3 is 0 Å². The molecule has 4 heteroatoms. The van der Waals surface area contributed by atoms with Crippen LogP contribution in [0, 0.1) is 5.41 Å². The Morgan fingerprint density at radius 2 is 2.43 bits per heavy atom. The second-order valence-corrected chi connectivity index (χ2v) is 2.21. The molecule has 0 aliphatic rings. The summed E-state index contributed by atoms with van der Waals surface area (Å²) in [6, 6.07) is 0. The maximum absolute atomic E-state index is 10.1. The summed E-state index contributed by atoms with van der Waals surface area (Å²) in [4.78, 5) is 3.12. The standard InChI is InChI=1S/C3H6N2OS/c1-5-3(4)7(2)6/h4H,1H2,2H3. The van der Waals surface area contributed by atoms with Crippen LogP contribution >= 0.6 is 0 Å². The number of hydrogen-bond acceptors (Lipinski definition) is 2. The van der Waals surface area contributed by atoms with E-state index in [1.807, 2.05) is 0 Å². The van der Waals surface area contributed by atoms with Crippen LogP contribution in [0.25, 0.3) is 0 Å². The Balaban J connectivity index is 3.81. The molecule has 7 heavy (non-hydrogen) atoms. The van der Waals surface area contributed by atoms with Gasteiger partial charge in [-0.1, -0.05) is 0 Å². The Morgan fingerprint density at radius 3 is 2.43 bits per heavy atom. The van der Waals surface area contributed by atoms with Crippen LogP contribution in [-0.2, 0) is 10.8 Å². The Bertz CT molecular complexity index is 120. The van der Waals surface area contributed by atoms with Crippen LogP contribution in [0.5, 0.6) is 0 Å². The van der Waals surface area contributed by atoms with Gasteiger partial charge in [0.15, 0.2) is 0 Å². The van der Waals surface area contributed by atoms with Crippen LogP contribution < -0.4 is 0 Å². The van der Waals surface area contributed by atoms with Crippen molar-refractivity contribution in [3.8, 4) is 0 Å². The molecule has 0 saturated heterocycles. The fourth-order valence-corrected chi connectivity index (χ4v) is 0.273. The second kappa shape index (κ2) is 2.63. The third-order valence-electron chi connectivity index (χ3n) is 0.416. The third-order valence-corrected chi connectivity index (χ3v) is 1.09. The van der Waals surface area contributed by atoms with E-state index in [1.54, 1.807) is 0 Å². The largest absolute Gasteiger partial charge is 0.275 e. The lowest BCUT2D eigenvalue weighted by Gasteiger charge is -1.82. The van der Waals surface area contributed by atoms with Crippen molar-refractivity contribution in [1.82, 2.24) is 0 Å². The van der Waals surface area contributed by atoms with Gasteiger partial charge in [-0.05, 0) is 6.72 Å². The average molecular weight is 118 g/mol. The van der Waals surface area contributed by atoms with Gasteiger partial charge in [0.25, 0.3) is 0 Å². The van der Waals surface area contributed by atoms with Gasteiger partial charge in [-0.25, -0.2) is 4.99 Å². The van der Waals surface area contributed by atoms with Crippen LogP contribution in [-0.4, -0.2) is 22.3 Å². The summed E-state index contributed by atoms with van der Waals surface area (Å²) in [6.07, 6.45) is 1.39. The highest BCUT2D eigenvalue weighted by molar-refractivity contribution is 7.99. The Hall–Kier alpha value is -0.510. The predicted octanol–water partition coefficient (Wildman–Crippen LogP) is 0.000270. The van der Waals surface area contributed by atoms with Crippen molar-refractivity contribution < 1.29 is 4.21 Å². The highest BCUT2D eigenvalue weighted by Gasteiger charge is 1.91. The molecule has 0 aromatic carbocycles. The van der Waals surface area contributed by atoms with Crippen molar-refractivity contribution in [1.29, 1.82) is 5.41 Å². The van der Waals surface area contributed by atoms with E-state index in [2.05, 4.69) is 11.7 Å². The van der Waals surface area contributed by atoms with E-state index in [1.165, 1.54) is 6.26 Å². The molecule has 0 spiro atoms. The molecule has 40 valence electrons. The minimum Gasteiger partial charge on any atom is -0.275 e. The number of amidine groups is 1. The first kappa shape index (κ1) is 6.49. The molecular weight excluding hydrogens is 112 g/mol. The van der Waals surface area contributed by atoms with Crippen molar-refractivity contribution >= 4 is 22.7 Å². The molecular formula is C3H6N2OS. The van der Waals surface area contributed by atoms with E-state index in [9.17, 15) is 4.21 Å². The van der Waals surface area contributed by atoms with Crippen LogP contribution in [0.1, 0.15) is 0 Å². The van der Waals surface area contributed by atoms with Crippen LogP contribution in [0.3, 0.4) is 0 Å². The smallest absolute Gasteiger partial charge is 0.210 e. The summed E-state index contributed by atoms with van der Waals surface area (Å²) in [7, 11) is -1.26. The van der Waals surface area contributed by atoms with Gasteiger partial charge in [0.05, 0.1) is 10.8 Å². The maximum Gasteiger partial charge on any atom is 0.210 e. The van der Waals surface area contributed by atoms with Crippen molar-refractivity contribution in [3.63, 3.8) is 0 Å². The SMILES string of the molecule is C=NC(=N)S(C)=O. The van der Waals surface area contributed by atoms with Crippen LogP contribution in [0.2, 0.25) is 0 Å². The predicted molar refractivity (Wildman–Crippen MR) is 31.3 cm³/mol. The molecule has 1 N–H and O–H groups in total. The monoisotopic (exact) mass is 118 g/mol. The molecule has 1 atom stereocenters. The molecule has 0 aromatic heterocycles. The topological polar surface area (TPSA) is 53.3 Å². The highest BCUT2D eigenvalue weighted by Crippen LogP contribution is 1.76. The summed E-state index contributed by atoms with van der Waals surface area (Å²) in [5.41, 5.74) is 0. The summed E-state index contributed by atoms with van der Waals surface area (Å²) >= 11 is 0. The summed E-state index contributed by atoms with van der Waals surface area (Å²) in [5, 5.41) is 6.50. The zero-order chi connectivity index (χ0) is 5.86. The van der Waals surface area contributed by atoms with Gasteiger partial charge in [-0.15, -0.1) is 0 Å². The number of aliphatic imine (C=N–C) groups is 1. The summed E-state index contributed by atoms with van der Waals surface area (Å²) in [6.45, 7) is 3.01. The van der Waals surface area contributed by atoms with E-state index >= 15 is 0 Å². The maximum atomic E-state index is 10.1. The molecule has 0 fully saturated rings. The van der Waals surface area contributed by atoms with Crippen molar-refractivity contribution in [3.05, 3.63) is 0 Å². The first-order valence-electron chi connectivity index (χ1n) is 1.57. The average Bonchev–Trinajstić information content (AvgIpc) is 1.65. The van der Waals surface area contributed by atoms with Crippen molar-refractivity contribution in [2.75, 3.05) is 6.26 Å². The van der Waals surface area contributed by atoms with Crippen LogP contribution in [0.4, 0.5) is 0 Å². The summed E-state index contributed by atoms with van der Waals surface area (Å²) < 4.78 is 10.1. The lowest BCUT2D eigenvalue weighted by molar-refractivity contribution is 0.692. The van der Waals surface area contributed by atoms with E-state index in [0.717, 1.165) is 0 Å². The molecule has 0 aliphatic carbocycles. The molecule has 0 radical (unpaired) electrons. The minimum atomic E-state index is -1.26. The molecule has 3 nitrogen and oxygen atoms in total. The zero-order valence-electron chi connectivity index (χ0n) is 3.97. The van der Waals surface area contributed by atoms with Crippen molar-refractivity contribution in [2.24, 2.45) is 4.99 Å². The molecule has 0 amide bonds. The molecule has 0 aliphatic heterocycles. The Morgan fingerprint density at radius 1 is 2.00 bits per heavy atom. The van der Waals surface area contributed by atoms with Crippen LogP contribution in [0.15, 0.2) is 4.99 Å². The summed E-state index contributed by atoms with van der Waals surface area (Å²) in [5.74, 6) is 0. The fraction of sp³-hybridized carbons (Fsp3) is 0.333.